The molecule has 192 valence electrons. The van der Waals surface area contributed by atoms with Gasteiger partial charge in [0.25, 0.3) is 0 Å². The zero-order valence-electron chi connectivity index (χ0n) is 21.2. The van der Waals surface area contributed by atoms with Crippen molar-refractivity contribution in [3.05, 3.63) is 108 Å². The van der Waals surface area contributed by atoms with Gasteiger partial charge >= 0.3 is 0 Å². The minimum Gasteiger partial charge on any atom is -0.494 e. The number of anilines is 1. The van der Waals surface area contributed by atoms with E-state index in [4.69, 9.17) is 9.47 Å². The van der Waals surface area contributed by atoms with E-state index in [2.05, 4.69) is 76.9 Å². The summed E-state index contributed by atoms with van der Waals surface area (Å²) in [5, 5.41) is 6.18. The Labute approximate surface area is 219 Å². The van der Waals surface area contributed by atoms with Gasteiger partial charge in [-0.3, -0.25) is 0 Å². The van der Waals surface area contributed by atoms with Crippen LogP contribution in [0.25, 0.3) is 10.8 Å². The minimum absolute atomic E-state index is 0.223. The Kier molecular flexibility index (Phi) is 8.67. The van der Waals surface area contributed by atoms with Crippen molar-refractivity contribution in [2.75, 3.05) is 37.7 Å². The Morgan fingerprint density at radius 3 is 2.54 bits per heavy atom. The van der Waals surface area contributed by atoms with Crippen molar-refractivity contribution in [1.29, 1.82) is 0 Å². The molecule has 0 unspecified atom stereocenters. The van der Waals surface area contributed by atoms with E-state index in [-0.39, 0.29) is 12.4 Å². The van der Waals surface area contributed by atoms with Gasteiger partial charge in [0.2, 0.25) is 0 Å². The molecule has 4 nitrogen and oxygen atoms in total. The first-order chi connectivity index (χ1) is 18.3. The predicted molar refractivity (Wildman–Crippen MR) is 149 cm³/mol. The second kappa shape index (κ2) is 12.7. The number of nitrogens with zero attached hydrogens (tertiary/aromatic N) is 1. The molecule has 5 heteroatoms. The summed E-state index contributed by atoms with van der Waals surface area (Å²) in [7, 11) is 0. The van der Waals surface area contributed by atoms with E-state index in [0.717, 1.165) is 44.6 Å². The van der Waals surface area contributed by atoms with Gasteiger partial charge in [-0.2, -0.15) is 0 Å². The number of aryl methyl sites for hydroxylation is 1. The van der Waals surface area contributed by atoms with Crippen LogP contribution < -0.4 is 15.0 Å². The highest BCUT2D eigenvalue weighted by Crippen LogP contribution is 2.25. The van der Waals surface area contributed by atoms with E-state index in [0.29, 0.717) is 24.8 Å². The molecular formula is C32H35FN2O2. The van der Waals surface area contributed by atoms with Gasteiger partial charge in [0.1, 0.15) is 11.6 Å². The van der Waals surface area contributed by atoms with Gasteiger partial charge < -0.3 is 19.7 Å². The fourth-order valence-corrected chi connectivity index (χ4v) is 4.97. The molecule has 0 aliphatic carbocycles. The molecule has 1 saturated heterocycles. The number of hydrogen-bond acceptors (Lipinski definition) is 4. The first-order valence-electron chi connectivity index (χ1n) is 13.3. The summed E-state index contributed by atoms with van der Waals surface area (Å²) < 4.78 is 25.1. The van der Waals surface area contributed by atoms with Crippen LogP contribution in [0.1, 0.15) is 24.0 Å². The van der Waals surface area contributed by atoms with Crippen molar-refractivity contribution < 1.29 is 13.9 Å². The number of piperazine rings is 1. The molecule has 5 rings (SSSR count). The third kappa shape index (κ3) is 6.88. The van der Waals surface area contributed by atoms with Crippen molar-refractivity contribution >= 4 is 16.5 Å². The topological polar surface area (TPSA) is 33.7 Å². The maximum atomic E-state index is 13.6. The van der Waals surface area contributed by atoms with Gasteiger partial charge in [-0.15, -0.1) is 0 Å². The molecule has 4 aromatic carbocycles. The van der Waals surface area contributed by atoms with Crippen LogP contribution in [0.4, 0.5) is 10.1 Å². The predicted octanol–water partition coefficient (Wildman–Crippen LogP) is 6.38. The number of hydrogen-bond donors (Lipinski definition) is 1. The first-order valence-corrected chi connectivity index (χ1v) is 13.3. The molecule has 4 aromatic rings. The summed E-state index contributed by atoms with van der Waals surface area (Å²) in [6.45, 7) is 4.39. The number of fused-ring (bicyclic) bond motifs is 1. The lowest BCUT2D eigenvalue weighted by molar-refractivity contribution is 0.105. The van der Waals surface area contributed by atoms with E-state index >= 15 is 0 Å². The largest absolute Gasteiger partial charge is 0.494 e. The molecule has 0 aromatic heterocycles. The van der Waals surface area contributed by atoms with Gasteiger partial charge in [-0.25, -0.2) is 4.39 Å². The molecule has 1 N–H and O–H groups in total. The highest BCUT2D eigenvalue weighted by molar-refractivity contribution is 5.83. The summed E-state index contributed by atoms with van der Waals surface area (Å²) in [5.41, 5.74) is 3.22. The van der Waals surface area contributed by atoms with Crippen LogP contribution >= 0.6 is 0 Å². The van der Waals surface area contributed by atoms with Crippen molar-refractivity contribution in [3.8, 4) is 5.75 Å². The van der Waals surface area contributed by atoms with Crippen LogP contribution in [0.2, 0.25) is 0 Å². The van der Waals surface area contributed by atoms with Crippen molar-refractivity contribution in [2.24, 2.45) is 0 Å². The van der Waals surface area contributed by atoms with Crippen molar-refractivity contribution in [3.63, 3.8) is 0 Å². The quantitative estimate of drug-likeness (QED) is 0.244. The maximum absolute atomic E-state index is 13.6. The number of halogens is 1. The van der Waals surface area contributed by atoms with Gasteiger partial charge in [0.05, 0.1) is 19.8 Å². The maximum Gasteiger partial charge on any atom is 0.128 e. The number of nitrogens with one attached hydrogen (secondary N) is 1. The monoisotopic (exact) mass is 498 g/mol. The Hall–Kier alpha value is -3.41. The second-order valence-corrected chi connectivity index (χ2v) is 9.61. The standard InChI is InChI=1S/C32H35FN2O2/c33-32-9-4-3-8-28(32)24-36-20-5-21-37-31-16-14-29(15-17-31)35-19-18-34-23-30(35)13-11-25-10-12-26-6-1-2-7-27(26)22-25/h1-4,6-10,12,14-17,22,30,34H,5,11,13,18-21,23-24H2/t30-/m0/s1. The lowest BCUT2D eigenvalue weighted by Gasteiger charge is -2.38. The van der Waals surface area contributed by atoms with Crippen LogP contribution in [0.15, 0.2) is 91.0 Å². The van der Waals surface area contributed by atoms with Crippen molar-refractivity contribution in [1.82, 2.24) is 5.32 Å². The summed E-state index contributed by atoms with van der Waals surface area (Å²) in [5.74, 6) is 0.639. The molecule has 1 atom stereocenters. The van der Waals surface area contributed by atoms with Crippen LogP contribution in [-0.4, -0.2) is 38.9 Å². The van der Waals surface area contributed by atoms with Crippen LogP contribution in [-0.2, 0) is 17.8 Å². The van der Waals surface area contributed by atoms with Crippen molar-refractivity contribution in [2.45, 2.75) is 31.9 Å². The van der Waals surface area contributed by atoms with Gasteiger partial charge in [-0.1, -0.05) is 60.7 Å². The van der Waals surface area contributed by atoms with E-state index in [1.54, 1.807) is 12.1 Å². The first kappa shape index (κ1) is 25.2. The number of ether oxygens (including phenoxy) is 2. The molecule has 1 aliphatic rings. The highest BCUT2D eigenvalue weighted by atomic mass is 19.1. The summed E-state index contributed by atoms with van der Waals surface area (Å²) in [4.78, 5) is 2.53. The third-order valence-corrected chi connectivity index (χ3v) is 7.02. The van der Waals surface area contributed by atoms with Gasteiger partial charge in [0, 0.05) is 43.3 Å². The number of benzene rings is 4. The SMILES string of the molecule is Fc1ccccc1COCCCOc1ccc(N2CCNC[C@@H]2CCc2ccc3ccccc3c2)cc1. The van der Waals surface area contributed by atoms with E-state index in [1.165, 1.54) is 28.1 Å². The average Bonchev–Trinajstić information content (AvgIpc) is 2.95. The number of rotatable bonds is 11. The van der Waals surface area contributed by atoms with E-state index in [1.807, 2.05) is 6.07 Å². The molecule has 0 spiro atoms. The van der Waals surface area contributed by atoms with E-state index in [9.17, 15) is 4.39 Å². The minimum atomic E-state index is -0.223. The smallest absolute Gasteiger partial charge is 0.128 e. The Bertz CT molecular complexity index is 1280. The van der Waals surface area contributed by atoms with Crippen LogP contribution in [0, 0.1) is 5.82 Å². The normalized spacial score (nSPS) is 15.7. The highest BCUT2D eigenvalue weighted by Gasteiger charge is 2.22. The molecule has 0 saturated carbocycles. The summed E-state index contributed by atoms with van der Waals surface area (Å²) >= 11 is 0. The molecule has 37 heavy (non-hydrogen) atoms. The summed E-state index contributed by atoms with van der Waals surface area (Å²) in [6, 6.07) is 31.0. The molecular weight excluding hydrogens is 463 g/mol. The van der Waals surface area contributed by atoms with Crippen LogP contribution in [0.5, 0.6) is 5.75 Å². The molecule has 1 fully saturated rings. The zero-order chi connectivity index (χ0) is 25.3. The summed E-state index contributed by atoms with van der Waals surface area (Å²) in [6.07, 6.45) is 2.93. The second-order valence-electron chi connectivity index (χ2n) is 9.61. The van der Waals surface area contributed by atoms with Gasteiger partial charge in [-0.05, 0) is 59.5 Å². The molecule has 1 heterocycles. The average molecular weight is 499 g/mol. The Morgan fingerprint density at radius 2 is 1.68 bits per heavy atom. The lowest BCUT2D eigenvalue weighted by atomic mass is 9.99. The Balaban J connectivity index is 1.08. The third-order valence-electron chi connectivity index (χ3n) is 7.02. The zero-order valence-corrected chi connectivity index (χ0v) is 21.2. The fourth-order valence-electron chi connectivity index (χ4n) is 4.97. The fraction of sp³-hybridized carbons (Fsp3) is 0.312. The van der Waals surface area contributed by atoms with Crippen LogP contribution in [0.3, 0.4) is 0 Å². The van der Waals surface area contributed by atoms with E-state index < -0.39 is 0 Å². The molecule has 0 amide bonds. The molecule has 0 radical (unpaired) electrons. The van der Waals surface area contributed by atoms with Gasteiger partial charge in [0.15, 0.2) is 0 Å². The molecule has 1 aliphatic heterocycles. The Morgan fingerprint density at radius 1 is 0.865 bits per heavy atom. The molecule has 0 bridgehead atoms. The lowest BCUT2D eigenvalue weighted by Crippen LogP contribution is -2.51.